The molecule has 0 amide bonds. The molecule has 18 heavy (non-hydrogen) atoms. The van der Waals surface area contributed by atoms with Crippen LogP contribution in [0.15, 0.2) is 12.1 Å². The first-order valence-electron chi connectivity index (χ1n) is 7.33. The third-order valence-corrected chi connectivity index (χ3v) is 4.68. The second-order valence-electron chi connectivity index (χ2n) is 7.13. The number of benzene rings is 1. The molecule has 1 aliphatic carbocycles. The minimum absolute atomic E-state index is 0.272. The molecule has 98 valence electrons. The van der Waals surface area contributed by atoms with Crippen LogP contribution >= 0.6 is 0 Å². The fraction of sp³-hybridized carbons (Fsp3) is 0.647. The summed E-state index contributed by atoms with van der Waals surface area (Å²) in [5.74, 6) is 0. The first kappa shape index (κ1) is 12.2. The Hall–Kier alpha value is -0.820. The molecule has 1 aromatic rings. The first-order valence-corrected chi connectivity index (χ1v) is 7.33. The summed E-state index contributed by atoms with van der Waals surface area (Å²) < 4.78 is 0. The van der Waals surface area contributed by atoms with Gasteiger partial charge in [0.15, 0.2) is 0 Å². The number of hydrogen-bond acceptors (Lipinski definition) is 1. The van der Waals surface area contributed by atoms with Gasteiger partial charge in [0.1, 0.15) is 0 Å². The molecule has 0 saturated carbocycles. The second kappa shape index (κ2) is 4.09. The van der Waals surface area contributed by atoms with Crippen LogP contribution in [0, 0.1) is 0 Å². The molecule has 1 unspecified atom stereocenters. The van der Waals surface area contributed by atoms with Crippen molar-refractivity contribution in [1.29, 1.82) is 0 Å². The van der Waals surface area contributed by atoms with Crippen molar-refractivity contribution in [1.82, 2.24) is 4.90 Å². The van der Waals surface area contributed by atoms with Gasteiger partial charge in [0.05, 0.1) is 0 Å². The Kier molecular flexibility index (Phi) is 2.78. The van der Waals surface area contributed by atoms with Gasteiger partial charge in [-0.25, -0.2) is 0 Å². The molecule has 0 N–H and O–H groups in total. The standard InChI is InChI=1S/C17H25N/c1-17(2,3)14-9-12-7-5-6-8-15-16(12)13(10-14)11-18(15)4/h9-10,15H,5-8,11H2,1-4H3. The quantitative estimate of drug-likeness (QED) is 0.660. The van der Waals surface area contributed by atoms with Crippen molar-refractivity contribution >= 4 is 0 Å². The molecule has 1 aliphatic heterocycles. The van der Waals surface area contributed by atoms with Gasteiger partial charge >= 0.3 is 0 Å². The van der Waals surface area contributed by atoms with E-state index in [-0.39, 0.29) is 5.41 Å². The molecular formula is C17H25N. The Morgan fingerprint density at radius 2 is 1.83 bits per heavy atom. The fourth-order valence-electron chi connectivity index (χ4n) is 3.59. The second-order valence-corrected chi connectivity index (χ2v) is 7.13. The molecule has 1 heteroatoms. The molecule has 1 heterocycles. The lowest BCUT2D eigenvalue weighted by Gasteiger charge is -2.23. The number of hydrogen-bond donors (Lipinski definition) is 0. The van der Waals surface area contributed by atoms with Gasteiger partial charge in [-0.2, -0.15) is 0 Å². The Bertz CT molecular complexity index is 467. The zero-order valence-corrected chi connectivity index (χ0v) is 12.2. The van der Waals surface area contributed by atoms with E-state index in [1.165, 1.54) is 31.2 Å². The molecule has 0 saturated heterocycles. The summed E-state index contributed by atoms with van der Waals surface area (Å²) in [5, 5.41) is 0. The number of aryl methyl sites for hydroxylation is 1. The molecule has 3 rings (SSSR count). The Labute approximate surface area is 111 Å². The summed E-state index contributed by atoms with van der Waals surface area (Å²) in [6, 6.07) is 5.67. The maximum Gasteiger partial charge on any atom is 0.0354 e. The van der Waals surface area contributed by atoms with Crippen molar-refractivity contribution in [3.8, 4) is 0 Å². The van der Waals surface area contributed by atoms with Gasteiger partial charge in [0.25, 0.3) is 0 Å². The molecule has 0 fully saturated rings. The smallest absolute Gasteiger partial charge is 0.0354 e. The molecule has 1 aromatic carbocycles. The maximum absolute atomic E-state index is 2.55. The third kappa shape index (κ3) is 1.89. The lowest BCUT2D eigenvalue weighted by molar-refractivity contribution is 0.254. The molecule has 2 aliphatic rings. The van der Waals surface area contributed by atoms with Crippen LogP contribution in [0.4, 0.5) is 0 Å². The average molecular weight is 243 g/mol. The first-order chi connectivity index (χ1) is 8.47. The van der Waals surface area contributed by atoms with Gasteiger partial charge in [-0.05, 0) is 54.0 Å². The highest BCUT2D eigenvalue weighted by atomic mass is 15.1. The Balaban J connectivity index is 2.15. The predicted octanol–water partition coefficient (Wildman–Crippen LogP) is 4.20. The predicted molar refractivity (Wildman–Crippen MR) is 76.9 cm³/mol. The van der Waals surface area contributed by atoms with Gasteiger partial charge in [-0.1, -0.05) is 39.3 Å². The average Bonchev–Trinajstić information content (AvgIpc) is 2.46. The lowest BCUT2D eigenvalue weighted by atomic mass is 9.83. The molecule has 1 nitrogen and oxygen atoms in total. The highest BCUT2D eigenvalue weighted by Crippen LogP contribution is 2.42. The highest BCUT2D eigenvalue weighted by molar-refractivity contribution is 5.46. The zero-order chi connectivity index (χ0) is 12.9. The van der Waals surface area contributed by atoms with Gasteiger partial charge < -0.3 is 0 Å². The van der Waals surface area contributed by atoms with E-state index in [0.29, 0.717) is 6.04 Å². The summed E-state index contributed by atoms with van der Waals surface area (Å²) in [6.07, 6.45) is 5.39. The number of rotatable bonds is 0. The molecule has 0 aromatic heterocycles. The largest absolute Gasteiger partial charge is 0.295 e. The minimum Gasteiger partial charge on any atom is -0.295 e. The van der Waals surface area contributed by atoms with E-state index in [1.807, 2.05) is 0 Å². The van der Waals surface area contributed by atoms with E-state index in [4.69, 9.17) is 0 Å². The molecule has 1 atom stereocenters. The van der Waals surface area contributed by atoms with Crippen LogP contribution in [-0.2, 0) is 18.4 Å². The van der Waals surface area contributed by atoms with Crippen molar-refractivity contribution < 1.29 is 0 Å². The van der Waals surface area contributed by atoms with Crippen LogP contribution in [0.2, 0.25) is 0 Å². The van der Waals surface area contributed by atoms with Crippen LogP contribution in [0.25, 0.3) is 0 Å². The van der Waals surface area contributed by atoms with E-state index in [1.54, 1.807) is 16.7 Å². The minimum atomic E-state index is 0.272. The topological polar surface area (TPSA) is 3.24 Å². The van der Waals surface area contributed by atoms with Crippen molar-refractivity contribution in [2.45, 2.75) is 64.5 Å². The van der Waals surface area contributed by atoms with Crippen LogP contribution in [-0.4, -0.2) is 11.9 Å². The Morgan fingerprint density at radius 3 is 2.56 bits per heavy atom. The molecule has 0 bridgehead atoms. The van der Waals surface area contributed by atoms with Crippen LogP contribution < -0.4 is 0 Å². The van der Waals surface area contributed by atoms with Gasteiger partial charge in [0.2, 0.25) is 0 Å². The van der Waals surface area contributed by atoms with E-state index in [9.17, 15) is 0 Å². The summed E-state index contributed by atoms with van der Waals surface area (Å²) in [7, 11) is 2.29. The summed E-state index contributed by atoms with van der Waals surface area (Å²) >= 11 is 0. The summed E-state index contributed by atoms with van der Waals surface area (Å²) in [6.45, 7) is 8.13. The van der Waals surface area contributed by atoms with E-state index in [0.717, 1.165) is 6.54 Å². The van der Waals surface area contributed by atoms with Crippen molar-refractivity contribution in [2.75, 3.05) is 7.05 Å². The monoisotopic (exact) mass is 243 g/mol. The zero-order valence-electron chi connectivity index (χ0n) is 12.2. The van der Waals surface area contributed by atoms with E-state index >= 15 is 0 Å². The molecule has 0 radical (unpaired) electrons. The van der Waals surface area contributed by atoms with Crippen LogP contribution in [0.5, 0.6) is 0 Å². The normalized spacial score (nSPS) is 23.9. The fourth-order valence-corrected chi connectivity index (χ4v) is 3.59. The van der Waals surface area contributed by atoms with E-state index < -0.39 is 0 Å². The Morgan fingerprint density at radius 1 is 1.11 bits per heavy atom. The third-order valence-electron chi connectivity index (χ3n) is 4.68. The van der Waals surface area contributed by atoms with Crippen molar-refractivity contribution in [3.05, 3.63) is 34.4 Å². The SMILES string of the molecule is CN1Cc2cc(C(C)(C)C)cc3c2C1CCCC3. The maximum atomic E-state index is 2.55. The lowest BCUT2D eigenvalue weighted by Crippen LogP contribution is -2.16. The van der Waals surface area contributed by atoms with Crippen molar-refractivity contribution in [3.63, 3.8) is 0 Å². The summed E-state index contributed by atoms with van der Waals surface area (Å²) in [4.78, 5) is 2.55. The van der Waals surface area contributed by atoms with Crippen LogP contribution in [0.1, 0.15) is 68.3 Å². The van der Waals surface area contributed by atoms with Gasteiger partial charge in [-0.3, -0.25) is 4.90 Å². The van der Waals surface area contributed by atoms with Gasteiger partial charge in [0, 0.05) is 12.6 Å². The van der Waals surface area contributed by atoms with E-state index in [2.05, 4.69) is 44.9 Å². The molecular weight excluding hydrogens is 218 g/mol. The summed E-state index contributed by atoms with van der Waals surface area (Å²) in [5.41, 5.74) is 6.72. The molecule has 0 spiro atoms. The van der Waals surface area contributed by atoms with Crippen molar-refractivity contribution in [2.24, 2.45) is 0 Å². The highest BCUT2D eigenvalue weighted by Gasteiger charge is 2.32. The van der Waals surface area contributed by atoms with Crippen LogP contribution in [0.3, 0.4) is 0 Å². The number of nitrogens with zero attached hydrogens (tertiary/aromatic N) is 1. The van der Waals surface area contributed by atoms with Gasteiger partial charge in [-0.15, -0.1) is 0 Å².